The first-order chi connectivity index (χ1) is 6.15. The highest BCUT2D eigenvalue weighted by molar-refractivity contribution is 5.11. The molecule has 70 valence electrons. The quantitative estimate of drug-likeness (QED) is 0.706. The second-order valence-electron chi connectivity index (χ2n) is 3.09. The van der Waals surface area contributed by atoms with Crippen molar-refractivity contribution in [1.29, 1.82) is 0 Å². The fourth-order valence-electron chi connectivity index (χ4n) is 1.31. The van der Waals surface area contributed by atoms with Crippen molar-refractivity contribution in [2.45, 2.75) is 25.9 Å². The lowest BCUT2D eigenvalue weighted by molar-refractivity contribution is 0.160. The highest BCUT2D eigenvalue weighted by Crippen LogP contribution is 2.17. The van der Waals surface area contributed by atoms with E-state index in [0.29, 0.717) is 12.8 Å². The summed E-state index contributed by atoms with van der Waals surface area (Å²) >= 11 is 0. The predicted octanol–water partition coefficient (Wildman–Crippen LogP) is 1.18. The molecule has 1 aromatic heterocycles. The van der Waals surface area contributed by atoms with E-state index >= 15 is 0 Å². The molecule has 0 aliphatic heterocycles. The van der Waals surface area contributed by atoms with Crippen LogP contribution < -0.4 is 0 Å². The smallest absolute Gasteiger partial charge is 0.0965 e. The van der Waals surface area contributed by atoms with Crippen LogP contribution in [0.4, 0.5) is 0 Å². The maximum atomic E-state index is 9.69. The van der Waals surface area contributed by atoms with Crippen molar-refractivity contribution < 1.29 is 5.11 Å². The van der Waals surface area contributed by atoms with Crippen LogP contribution in [0.25, 0.3) is 0 Å². The van der Waals surface area contributed by atoms with Crippen molar-refractivity contribution in [2.75, 3.05) is 0 Å². The van der Waals surface area contributed by atoms with Crippen LogP contribution in [0, 0.1) is 19.3 Å². The molecule has 1 N–H and O–H groups in total. The zero-order valence-electron chi connectivity index (χ0n) is 7.99. The molecule has 0 aromatic carbocycles. The third-order valence-electron chi connectivity index (χ3n) is 1.94. The molecule has 3 heteroatoms. The van der Waals surface area contributed by atoms with E-state index in [2.05, 4.69) is 11.0 Å². The average molecular weight is 178 g/mol. The third-order valence-corrected chi connectivity index (χ3v) is 1.94. The molecular weight excluding hydrogens is 164 g/mol. The van der Waals surface area contributed by atoms with Gasteiger partial charge in [-0.3, -0.25) is 4.68 Å². The molecule has 1 rings (SSSR count). The first-order valence-electron chi connectivity index (χ1n) is 4.27. The lowest BCUT2D eigenvalue weighted by Crippen LogP contribution is -2.04. The molecule has 0 amide bonds. The molecule has 1 heterocycles. The molecule has 0 radical (unpaired) electrons. The highest BCUT2D eigenvalue weighted by atomic mass is 16.3. The van der Waals surface area contributed by atoms with E-state index < -0.39 is 6.10 Å². The van der Waals surface area contributed by atoms with E-state index in [4.69, 9.17) is 6.42 Å². The topological polar surface area (TPSA) is 38.1 Å². The molecule has 0 spiro atoms. The fourth-order valence-corrected chi connectivity index (χ4v) is 1.31. The standard InChI is InChI=1S/C10H14N2O/c1-4-5-6-10(13)9-7-8(2)11-12(9)3/h1,7,10,13H,5-6H2,2-3H3. The second-order valence-corrected chi connectivity index (χ2v) is 3.09. The second kappa shape index (κ2) is 4.11. The summed E-state index contributed by atoms with van der Waals surface area (Å²) in [5, 5.41) is 13.8. The molecule has 1 unspecified atom stereocenters. The number of aliphatic hydroxyl groups is 1. The van der Waals surface area contributed by atoms with Crippen LogP contribution in [0.1, 0.15) is 30.3 Å². The Morgan fingerprint density at radius 2 is 2.46 bits per heavy atom. The number of nitrogens with zero attached hydrogens (tertiary/aromatic N) is 2. The molecular formula is C10H14N2O. The lowest BCUT2D eigenvalue weighted by Gasteiger charge is -2.08. The number of aromatic nitrogens is 2. The van der Waals surface area contributed by atoms with Crippen molar-refractivity contribution in [3.8, 4) is 12.3 Å². The predicted molar refractivity (Wildman–Crippen MR) is 51.0 cm³/mol. The van der Waals surface area contributed by atoms with E-state index in [1.807, 2.05) is 20.0 Å². The van der Waals surface area contributed by atoms with E-state index in [1.54, 1.807) is 4.68 Å². The summed E-state index contributed by atoms with van der Waals surface area (Å²) < 4.78 is 1.69. The summed E-state index contributed by atoms with van der Waals surface area (Å²) in [7, 11) is 1.82. The zero-order chi connectivity index (χ0) is 9.84. The number of terminal acetylenes is 1. The number of hydrogen-bond donors (Lipinski definition) is 1. The van der Waals surface area contributed by atoms with Gasteiger partial charge in [-0.05, 0) is 19.4 Å². The van der Waals surface area contributed by atoms with Gasteiger partial charge in [0.2, 0.25) is 0 Å². The Labute approximate surface area is 78.4 Å². The Hall–Kier alpha value is -1.27. The summed E-state index contributed by atoms with van der Waals surface area (Å²) in [6, 6.07) is 1.88. The van der Waals surface area contributed by atoms with Gasteiger partial charge >= 0.3 is 0 Å². The number of rotatable bonds is 3. The Bertz CT molecular complexity index is 322. The summed E-state index contributed by atoms with van der Waals surface area (Å²) in [4.78, 5) is 0. The molecule has 13 heavy (non-hydrogen) atoms. The summed E-state index contributed by atoms with van der Waals surface area (Å²) in [5.74, 6) is 2.50. The van der Waals surface area contributed by atoms with Gasteiger partial charge in [-0.25, -0.2) is 0 Å². The first-order valence-corrected chi connectivity index (χ1v) is 4.27. The van der Waals surface area contributed by atoms with Crippen LogP contribution in [-0.4, -0.2) is 14.9 Å². The Morgan fingerprint density at radius 1 is 1.77 bits per heavy atom. The average Bonchev–Trinajstić information content (AvgIpc) is 2.41. The molecule has 0 saturated carbocycles. The molecule has 0 fully saturated rings. The van der Waals surface area contributed by atoms with Gasteiger partial charge < -0.3 is 5.11 Å². The van der Waals surface area contributed by atoms with E-state index in [1.165, 1.54) is 0 Å². The van der Waals surface area contributed by atoms with Gasteiger partial charge in [0.15, 0.2) is 0 Å². The summed E-state index contributed by atoms with van der Waals surface area (Å²) in [6.45, 7) is 1.90. The van der Waals surface area contributed by atoms with E-state index in [0.717, 1.165) is 11.4 Å². The lowest BCUT2D eigenvalue weighted by atomic mass is 10.1. The minimum Gasteiger partial charge on any atom is -0.387 e. The molecule has 0 aliphatic rings. The molecule has 0 saturated heterocycles. The molecule has 0 aliphatic carbocycles. The molecule has 1 atom stereocenters. The minimum absolute atomic E-state index is 0.498. The largest absolute Gasteiger partial charge is 0.387 e. The van der Waals surface area contributed by atoms with Gasteiger partial charge in [0.05, 0.1) is 17.5 Å². The van der Waals surface area contributed by atoms with Gasteiger partial charge in [-0.15, -0.1) is 12.3 Å². The molecule has 1 aromatic rings. The first kappa shape index (κ1) is 9.82. The van der Waals surface area contributed by atoms with Crippen LogP contribution >= 0.6 is 0 Å². The number of aryl methyl sites for hydroxylation is 2. The maximum Gasteiger partial charge on any atom is 0.0965 e. The van der Waals surface area contributed by atoms with Crippen LogP contribution in [0.3, 0.4) is 0 Å². The van der Waals surface area contributed by atoms with Crippen molar-refractivity contribution in [3.05, 3.63) is 17.5 Å². The Kier molecular flexibility index (Phi) is 3.10. The number of hydrogen-bond acceptors (Lipinski definition) is 2. The van der Waals surface area contributed by atoms with Gasteiger partial charge in [0.25, 0.3) is 0 Å². The Balaban J connectivity index is 2.71. The van der Waals surface area contributed by atoms with Crippen LogP contribution in [-0.2, 0) is 7.05 Å². The van der Waals surface area contributed by atoms with Crippen molar-refractivity contribution >= 4 is 0 Å². The minimum atomic E-state index is -0.498. The monoisotopic (exact) mass is 178 g/mol. The van der Waals surface area contributed by atoms with Crippen LogP contribution in [0.5, 0.6) is 0 Å². The van der Waals surface area contributed by atoms with Gasteiger partial charge in [0.1, 0.15) is 0 Å². The van der Waals surface area contributed by atoms with Crippen molar-refractivity contribution in [1.82, 2.24) is 9.78 Å². The number of aliphatic hydroxyl groups excluding tert-OH is 1. The fraction of sp³-hybridized carbons (Fsp3) is 0.500. The van der Waals surface area contributed by atoms with Gasteiger partial charge in [-0.2, -0.15) is 5.10 Å². The third kappa shape index (κ3) is 2.33. The van der Waals surface area contributed by atoms with Crippen molar-refractivity contribution in [3.63, 3.8) is 0 Å². The van der Waals surface area contributed by atoms with E-state index in [9.17, 15) is 5.11 Å². The Morgan fingerprint density at radius 3 is 2.92 bits per heavy atom. The zero-order valence-corrected chi connectivity index (χ0v) is 7.99. The van der Waals surface area contributed by atoms with Gasteiger partial charge in [0, 0.05) is 13.5 Å². The normalized spacial score (nSPS) is 12.5. The summed E-state index contributed by atoms with van der Waals surface area (Å²) in [6.07, 6.45) is 5.80. The van der Waals surface area contributed by atoms with Crippen LogP contribution in [0.2, 0.25) is 0 Å². The van der Waals surface area contributed by atoms with Crippen LogP contribution in [0.15, 0.2) is 6.07 Å². The van der Waals surface area contributed by atoms with E-state index in [-0.39, 0.29) is 0 Å². The van der Waals surface area contributed by atoms with Gasteiger partial charge in [-0.1, -0.05) is 0 Å². The molecule has 0 bridgehead atoms. The maximum absolute atomic E-state index is 9.69. The SMILES string of the molecule is C#CCCC(O)c1cc(C)nn1C. The van der Waals surface area contributed by atoms with Crippen molar-refractivity contribution in [2.24, 2.45) is 7.05 Å². The summed E-state index contributed by atoms with van der Waals surface area (Å²) in [5.41, 5.74) is 1.74. The molecule has 3 nitrogen and oxygen atoms in total. The highest BCUT2D eigenvalue weighted by Gasteiger charge is 2.11.